The van der Waals surface area contributed by atoms with Crippen LogP contribution in [0.3, 0.4) is 0 Å². The van der Waals surface area contributed by atoms with Gasteiger partial charge >= 0.3 is 0 Å². The molecule has 1 aliphatic carbocycles. The summed E-state index contributed by atoms with van der Waals surface area (Å²) in [5.74, 6) is 2.05. The molecule has 2 amide bonds. The number of carbonyl (C=O) groups is 2. The molecule has 0 unspecified atom stereocenters. The second-order valence-corrected chi connectivity index (χ2v) is 9.08. The second kappa shape index (κ2) is 7.41. The van der Waals surface area contributed by atoms with Crippen LogP contribution >= 0.6 is 0 Å². The Kier molecular flexibility index (Phi) is 4.72. The van der Waals surface area contributed by atoms with Crippen LogP contribution in [0.5, 0.6) is 5.75 Å². The fraction of sp³-hybridized carbons (Fsp3) is 0.545. The van der Waals surface area contributed by atoms with Crippen LogP contribution in [0.15, 0.2) is 30.5 Å². The fourth-order valence-corrected chi connectivity index (χ4v) is 5.50. The molecular formula is C22H27N5O3. The Bertz CT molecular complexity index is 926. The first kappa shape index (κ1) is 19.1. The van der Waals surface area contributed by atoms with Gasteiger partial charge in [-0.2, -0.15) is 15.4 Å². The van der Waals surface area contributed by atoms with Crippen LogP contribution in [0.4, 0.5) is 0 Å². The maximum atomic E-state index is 13.8. The van der Waals surface area contributed by atoms with Gasteiger partial charge in [0.25, 0.3) is 5.91 Å². The molecule has 1 aromatic carbocycles. The number of amides is 2. The molecule has 0 spiro atoms. The molecule has 2 bridgehead atoms. The SMILES string of the molecule is COc1cccc(CC2(C(=O)N3C[C@@H]4CC[C@@H](C4)C3)CN(C(=O)c3cn[nH]n3)C2)c1. The van der Waals surface area contributed by atoms with E-state index in [1.165, 1.54) is 25.5 Å². The van der Waals surface area contributed by atoms with Crippen molar-refractivity contribution in [2.45, 2.75) is 25.7 Å². The molecule has 5 rings (SSSR count). The number of fused-ring (bicyclic) bond motifs is 2. The number of aromatic amines is 1. The minimum Gasteiger partial charge on any atom is -0.497 e. The molecule has 1 aromatic heterocycles. The van der Waals surface area contributed by atoms with Crippen molar-refractivity contribution in [2.24, 2.45) is 17.3 Å². The van der Waals surface area contributed by atoms with Crippen molar-refractivity contribution in [3.05, 3.63) is 41.7 Å². The predicted octanol–water partition coefficient (Wildman–Crippen LogP) is 1.76. The third-order valence-corrected chi connectivity index (χ3v) is 6.93. The predicted molar refractivity (Wildman–Crippen MR) is 109 cm³/mol. The van der Waals surface area contributed by atoms with Crippen LogP contribution in [0.25, 0.3) is 0 Å². The maximum absolute atomic E-state index is 13.8. The van der Waals surface area contributed by atoms with Gasteiger partial charge in [-0.25, -0.2) is 0 Å². The molecule has 30 heavy (non-hydrogen) atoms. The highest BCUT2D eigenvalue weighted by molar-refractivity contribution is 5.95. The number of methoxy groups -OCH3 is 1. The van der Waals surface area contributed by atoms with E-state index in [9.17, 15) is 9.59 Å². The topological polar surface area (TPSA) is 91.4 Å². The van der Waals surface area contributed by atoms with Crippen molar-refractivity contribution in [1.82, 2.24) is 25.2 Å². The Balaban J connectivity index is 1.38. The zero-order chi connectivity index (χ0) is 20.7. The van der Waals surface area contributed by atoms with Crippen LogP contribution in [-0.4, -0.2) is 70.3 Å². The van der Waals surface area contributed by atoms with Crippen molar-refractivity contribution in [2.75, 3.05) is 33.3 Å². The molecule has 2 atom stereocenters. The lowest BCUT2D eigenvalue weighted by Gasteiger charge is -2.51. The normalized spacial score (nSPS) is 24.4. The molecular weight excluding hydrogens is 382 g/mol. The third-order valence-electron chi connectivity index (χ3n) is 6.93. The van der Waals surface area contributed by atoms with Crippen LogP contribution in [0, 0.1) is 17.3 Å². The highest BCUT2D eigenvalue weighted by atomic mass is 16.5. The van der Waals surface area contributed by atoms with Gasteiger partial charge < -0.3 is 14.5 Å². The molecule has 3 heterocycles. The third kappa shape index (κ3) is 3.34. The van der Waals surface area contributed by atoms with Crippen molar-refractivity contribution >= 4 is 11.8 Å². The average molecular weight is 409 g/mol. The Morgan fingerprint density at radius 3 is 2.63 bits per heavy atom. The highest BCUT2D eigenvalue weighted by Crippen LogP contribution is 2.42. The Morgan fingerprint density at radius 1 is 1.20 bits per heavy atom. The van der Waals surface area contributed by atoms with Gasteiger partial charge in [0.05, 0.1) is 18.7 Å². The molecule has 1 saturated carbocycles. The van der Waals surface area contributed by atoms with Crippen LogP contribution in [0.2, 0.25) is 0 Å². The number of hydrogen-bond acceptors (Lipinski definition) is 5. The number of benzene rings is 1. The molecule has 2 aliphatic heterocycles. The van der Waals surface area contributed by atoms with E-state index < -0.39 is 5.41 Å². The standard InChI is InChI=1S/C22H27N5O3/c1-30-18-4-2-3-15(8-18)9-22(13-27(14-22)20(28)19-10-23-25-24-19)21(29)26-11-16-5-6-17(7-16)12-26/h2-4,8,10,16-17H,5-7,9,11-14H2,1H3,(H,23,24,25)/t16-,17+. The minimum absolute atomic E-state index is 0.184. The smallest absolute Gasteiger partial charge is 0.276 e. The van der Waals surface area contributed by atoms with Gasteiger partial charge in [-0.05, 0) is 55.2 Å². The number of piperidine rings is 1. The van der Waals surface area contributed by atoms with Gasteiger partial charge in [0, 0.05) is 26.2 Å². The average Bonchev–Trinajstić information content (AvgIpc) is 3.39. The van der Waals surface area contributed by atoms with Crippen molar-refractivity contribution < 1.29 is 14.3 Å². The molecule has 2 aromatic rings. The molecule has 0 radical (unpaired) electrons. The van der Waals surface area contributed by atoms with Crippen molar-refractivity contribution in [3.63, 3.8) is 0 Å². The Labute approximate surface area is 175 Å². The maximum Gasteiger partial charge on any atom is 0.276 e. The molecule has 8 heteroatoms. The lowest BCUT2D eigenvalue weighted by Crippen LogP contribution is -2.66. The molecule has 3 fully saturated rings. The van der Waals surface area contributed by atoms with Gasteiger partial charge in [0.1, 0.15) is 5.75 Å². The first-order valence-corrected chi connectivity index (χ1v) is 10.6. The van der Waals surface area contributed by atoms with E-state index in [1.54, 1.807) is 12.0 Å². The quantitative estimate of drug-likeness (QED) is 0.813. The summed E-state index contributed by atoms with van der Waals surface area (Å²) >= 11 is 0. The summed E-state index contributed by atoms with van der Waals surface area (Å²) in [7, 11) is 1.64. The Hall–Kier alpha value is -2.90. The second-order valence-electron chi connectivity index (χ2n) is 9.08. The summed E-state index contributed by atoms with van der Waals surface area (Å²) in [5, 5.41) is 10.1. The van der Waals surface area contributed by atoms with Crippen LogP contribution < -0.4 is 4.74 Å². The number of carbonyl (C=O) groups excluding carboxylic acids is 2. The number of aromatic nitrogens is 3. The van der Waals surface area contributed by atoms with Gasteiger partial charge in [-0.1, -0.05) is 12.1 Å². The van der Waals surface area contributed by atoms with E-state index in [-0.39, 0.29) is 17.5 Å². The fourth-order valence-electron chi connectivity index (χ4n) is 5.50. The van der Waals surface area contributed by atoms with E-state index in [1.807, 2.05) is 24.3 Å². The molecule has 158 valence electrons. The van der Waals surface area contributed by atoms with E-state index in [2.05, 4.69) is 20.3 Å². The lowest BCUT2D eigenvalue weighted by molar-refractivity contribution is -0.153. The first-order valence-electron chi connectivity index (χ1n) is 10.6. The molecule has 1 N–H and O–H groups in total. The van der Waals surface area contributed by atoms with E-state index >= 15 is 0 Å². The molecule has 8 nitrogen and oxygen atoms in total. The van der Waals surface area contributed by atoms with E-state index in [0.29, 0.717) is 31.3 Å². The minimum atomic E-state index is -0.595. The summed E-state index contributed by atoms with van der Waals surface area (Å²) in [6.07, 6.45) is 5.73. The zero-order valence-corrected chi connectivity index (χ0v) is 17.2. The monoisotopic (exact) mass is 409 g/mol. The summed E-state index contributed by atoms with van der Waals surface area (Å²) in [6.45, 7) is 2.51. The van der Waals surface area contributed by atoms with Gasteiger partial charge in [0.2, 0.25) is 5.91 Å². The van der Waals surface area contributed by atoms with Crippen LogP contribution in [0.1, 0.15) is 35.3 Å². The largest absolute Gasteiger partial charge is 0.497 e. The van der Waals surface area contributed by atoms with Crippen molar-refractivity contribution in [3.8, 4) is 5.75 Å². The number of rotatable bonds is 5. The van der Waals surface area contributed by atoms with Crippen molar-refractivity contribution in [1.29, 1.82) is 0 Å². The summed E-state index contributed by atoms with van der Waals surface area (Å²) in [5.41, 5.74) is 0.743. The van der Waals surface area contributed by atoms with Crippen LogP contribution in [-0.2, 0) is 11.2 Å². The van der Waals surface area contributed by atoms with E-state index in [0.717, 1.165) is 24.4 Å². The van der Waals surface area contributed by atoms with Gasteiger partial charge in [-0.3, -0.25) is 9.59 Å². The summed E-state index contributed by atoms with van der Waals surface area (Å²) in [6, 6.07) is 7.86. The number of hydrogen-bond donors (Lipinski definition) is 1. The van der Waals surface area contributed by atoms with Gasteiger partial charge in [-0.15, -0.1) is 0 Å². The number of H-pyrrole nitrogens is 1. The Morgan fingerprint density at radius 2 is 1.97 bits per heavy atom. The molecule has 3 aliphatic rings. The molecule has 2 saturated heterocycles. The zero-order valence-electron chi connectivity index (χ0n) is 17.2. The highest BCUT2D eigenvalue weighted by Gasteiger charge is 2.54. The number of ether oxygens (including phenoxy) is 1. The summed E-state index contributed by atoms with van der Waals surface area (Å²) < 4.78 is 5.36. The lowest BCUT2D eigenvalue weighted by atomic mass is 9.72. The summed E-state index contributed by atoms with van der Waals surface area (Å²) in [4.78, 5) is 30.2. The van der Waals surface area contributed by atoms with E-state index in [4.69, 9.17) is 4.74 Å². The number of likely N-dealkylation sites (tertiary alicyclic amines) is 2. The first-order chi connectivity index (χ1) is 14.6. The number of nitrogens with one attached hydrogen (secondary N) is 1. The number of nitrogens with zero attached hydrogens (tertiary/aromatic N) is 4. The van der Waals surface area contributed by atoms with Gasteiger partial charge in [0.15, 0.2) is 5.69 Å².